The highest BCUT2D eigenvalue weighted by atomic mass is 16.6. The second-order valence-electron chi connectivity index (χ2n) is 8.99. The predicted octanol–water partition coefficient (Wildman–Crippen LogP) is 5.41. The first-order valence-electron chi connectivity index (χ1n) is 12.6. The molecule has 39 heavy (non-hydrogen) atoms. The lowest BCUT2D eigenvalue weighted by Gasteiger charge is -2.27. The van der Waals surface area contributed by atoms with Gasteiger partial charge in [-0.1, -0.05) is 18.2 Å². The summed E-state index contributed by atoms with van der Waals surface area (Å²) in [5, 5.41) is 3.18. The molecule has 1 saturated heterocycles. The van der Waals surface area contributed by atoms with Crippen LogP contribution in [0.4, 0.5) is 33.8 Å². The van der Waals surface area contributed by atoms with Crippen molar-refractivity contribution in [3.05, 3.63) is 84.2 Å². The van der Waals surface area contributed by atoms with E-state index >= 15 is 0 Å². The SMILES string of the molecule is COc1ccc(N(C(=O)Oc2c(C)cccc2C)c2ccnc(Nc3ccc(N4CCOCC4)nc3)n2)cc1. The smallest absolute Gasteiger partial charge is 0.425 e. The predicted molar refractivity (Wildman–Crippen MR) is 150 cm³/mol. The van der Waals surface area contributed by atoms with E-state index in [1.54, 1.807) is 49.8 Å². The van der Waals surface area contributed by atoms with Crippen molar-refractivity contribution < 1.29 is 19.0 Å². The number of rotatable bonds is 7. The molecule has 10 heteroatoms. The van der Waals surface area contributed by atoms with Crippen LogP contribution in [0.1, 0.15) is 11.1 Å². The molecule has 2 aromatic heterocycles. The number of carbonyl (C=O) groups excluding carboxylic acids is 1. The van der Waals surface area contributed by atoms with Gasteiger partial charge in [0.2, 0.25) is 5.95 Å². The molecule has 0 bridgehead atoms. The Hall–Kier alpha value is -4.70. The minimum Gasteiger partial charge on any atom is -0.497 e. The number of para-hydroxylation sites is 1. The summed E-state index contributed by atoms with van der Waals surface area (Å²) in [5.74, 6) is 2.72. The molecule has 0 radical (unpaired) electrons. The molecule has 1 N–H and O–H groups in total. The van der Waals surface area contributed by atoms with Crippen molar-refractivity contribution in [2.45, 2.75) is 13.8 Å². The van der Waals surface area contributed by atoms with Crippen LogP contribution in [0, 0.1) is 13.8 Å². The molecule has 0 unspecified atom stereocenters. The van der Waals surface area contributed by atoms with E-state index < -0.39 is 6.09 Å². The van der Waals surface area contributed by atoms with E-state index in [1.807, 2.05) is 44.2 Å². The number of carbonyl (C=O) groups is 1. The van der Waals surface area contributed by atoms with Crippen molar-refractivity contribution in [1.29, 1.82) is 0 Å². The molecule has 4 aromatic rings. The van der Waals surface area contributed by atoms with Crippen molar-refractivity contribution in [1.82, 2.24) is 15.0 Å². The van der Waals surface area contributed by atoms with Crippen LogP contribution < -0.4 is 24.6 Å². The van der Waals surface area contributed by atoms with Crippen LogP contribution in [0.2, 0.25) is 0 Å². The van der Waals surface area contributed by atoms with Gasteiger partial charge in [0.15, 0.2) is 0 Å². The van der Waals surface area contributed by atoms with Gasteiger partial charge in [-0.3, -0.25) is 0 Å². The largest absolute Gasteiger partial charge is 0.497 e. The number of amides is 1. The lowest BCUT2D eigenvalue weighted by molar-refractivity contribution is 0.122. The quantitative estimate of drug-likeness (QED) is 0.338. The summed E-state index contributed by atoms with van der Waals surface area (Å²) in [7, 11) is 1.59. The van der Waals surface area contributed by atoms with E-state index in [9.17, 15) is 4.79 Å². The van der Waals surface area contributed by atoms with Crippen LogP contribution in [0.5, 0.6) is 11.5 Å². The third-order valence-corrected chi connectivity index (χ3v) is 6.32. The number of nitrogens with zero attached hydrogens (tertiary/aromatic N) is 5. The number of hydrogen-bond acceptors (Lipinski definition) is 9. The maximum atomic E-state index is 13.6. The van der Waals surface area contributed by atoms with Gasteiger partial charge in [0.25, 0.3) is 0 Å². The number of hydrogen-bond donors (Lipinski definition) is 1. The van der Waals surface area contributed by atoms with E-state index in [-0.39, 0.29) is 0 Å². The van der Waals surface area contributed by atoms with Crippen molar-refractivity contribution in [2.75, 3.05) is 48.5 Å². The Kier molecular flexibility index (Phi) is 7.83. The summed E-state index contributed by atoms with van der Waals surface area (Å²) in [5.41, 5.74) is 3.00. The molecule has 0 saturated carbocycles. The molecule has 2 aromatic carbocycles. The third kappa shape index (κ3) is 6.07. The minimum atomic E-state index is -0.598. The van der Waals surface area contributed by atoms with Crippen LogP contribution in [0.25, 0.3) is 0 Å². The molecule has 3 heterocycles. The topological polar surface area (TPSA) is 102 Å². The van der Waals surface area contributed by atoms with Gasteiger partial charge in [0.05, 0.1) is 37.9 Å². The van der Waals surface area contributed by atoms with Gasteiger partial charge in [0.1, 0.15) is 23.1 Å². The van der Waals surface area contributed by atoms with Crippen LogP contribution in [0.3, 0.4) is 0 Å². The zero-order chi connectivity index (χ0) is 27.2. The van der Waals surface area contributed by atoms with E-state index in [1.165, 1.54) is 4.90 Å². The summed E-state index contributed by atoms with van der Waals surface area (Å²) in [6.45, 7) is 6.81. The average Bonchev–Trinajstić information content (AvgIpc) is 2.97. The molecule has 5 rings (SSSR count). The lowest BCUT2D eigenvalue weighted by Crippen LogP contribution is -2.36. The normalized spacial score (nSPS) is 13.1. The van der Waals surface area contributed by atoms with Gasteiger partial charge < -0.3 is 24.4 Å². The van der Waals surface area contributed by atoms with Crippen molar-refractivity contribution in [3.63, 3.8) is 0 Å². The standard InChI is InChI=1S/C29H30N6O4/c1-20-5-4-6-21(2)27(20)39-29(36)35(23-8-10-24(37-3)11-9-23)26-13-14-30-28(33-26)32-22-7-12-25(31-19-22)34-15-17-38-18-16-34/h4-14,19H,15-18H2,1-3H3,(H,30,32,33). The van der Waals surface area contributed by atoms with Crippen LogP contribution in [-0.4, -0.2) is 54.5 Å². The third-order valence-electron chi connectivity index (χ3n) is 6.32. The fraction of sp³-hybridized carbons (Fsp3) is 0.241. The first-order chi connectivity index (χ1) is 19.0. The van der Waals surface area contributed by atoms with Gasteiger partial charge in [-0.05, 0) is 61.4 Å². The number of aryl methyl sites for hydroxylation is 2. The summed E-state index contributed by atoms with van der Waals surface area (Å²) < 4.78 is 16.6. The lowest BCUT2D eigenvalue weighted by atomic mass is 10.1. The second kappa shape index (κ2) is 11.8. The summed E-state index contributed by atoms with van der Waals surface area (Å²) in [4.78, 5) is 30.7. The number of benzene rings is 2. The molecule has 200 valence electrons. The fourth-order valence-corrected chi connectivity index (χ4v) is 4.26. The molecule has 0 atom stereocenters. The highest BCUT2D eigenvalue weighted by Crippen LogP contribution is 2.30. The number of morpholine rings is 1. The Morgan fingerprint density at radius 1 is 0.974 bits per heavy atom. The Bertz CT molecular complexity index is 1400. The van der Waals surface area contributed by atoms with Gasteiger partial charge in [-0.15, -0.1) is 0 Å². The Labute approximate surface area is 227 Å². The van der Waals surface area contributed by atoms with E-state index in [4.69, 9.17) is 14.2 Å². The average molecular weight is 527 g/mol. The molecule has 1 amide bonds. The number of methoxy groups -OCH3 is 1. The van der Waals surface area contributed by atoms with Crippen LogP contribution >= 0.6 is 0 Å². The molecule has 1 aliphatic rings. The molecule has 0 spiro atoms. The number of anilines is 5. The van der Waals surface area contributed by atoms with E-state index in [0.29, 0.717) is 42.2 Å². The minimum absolute atomic E-state index is 0.312. The fourth-order valence-electron chi connectivity index (χ4n) is 4.26. The zero-order valence-electron chi connectivity index (χ0n) is 22.1. The highest BCUT2D eigenvalue weighted by Gasteiger charge is 2.24. The van der Waals surface area contributed by atoms with Crippen molar-refractivity contribution >= 4 is 35.1 Å². The Morgan fingerprint density at radius 2 is 1.72 bits per heavy atom. The first-order valence-corrected chi connectivity index (χ1v) is 12.6. The number of ether oxygens (including phenoxy) is 3. The molecular weight excluding hydrogens is 496 g/mol. The zero-order valence-corrected chi connectivity index (χ0v) is 22.1. The van der Waals surface area contributed by atoms with Crippen molar-refractivity contribution in [3.8, 4) is 11.5 Å². The van der Waals surface area contributed by atoms with Gasteiger partial charge in [-0.25, -0.2) is 19.7 Å². The highest BCUT2D eigenvalue weighted by molar-refractivity contribution is 5.96. The number of pyridine rings is 1. The van der Waals surface area contributed by atoms with E-state index in [2.05, 4.69) is 25.2 Å². The summed E-state index contributed by atoms with van der Waals surface area (Å²) in [6, 6.07) is 18.3. The molecule has 1 aliphatic heterocycles. The van der Waals surface area contributed by atoms with Crippen LogP contribution in [0.15, 0.2) is 73.1 Å². The van der Waals surface area contributed by atoms with Crippen LogP contribution in [-0.2, 0) is 4.74 Å². The molecule has 1 fully saturated rings. The second-order valence-corrected chi connectivity index (χ2v) is 8.99. The maximum absolute atomic E-state index is 13.6. The Balaban J connectivity index is 1.41. The number of aromatic nitrogens is 3. The van der Waals surface area contributed by atoms with Gasteiger partial charge in [0, 0.05) is 25.4 Å². The van der Waals surface area contributed by atoms with E-state index in [0.717, 1.165) is 35.7 Å². The maximum Gasteiger partial charge on any atom is 0.425 e. The van der Waals surface area contributed by atoms with Gasteiger partial charge in [-0.2, -0.15) is 4.98 Å². The molecule has 10 nitrogen and oxygen atoms in total. The van der Waals surface area contributed by atoms with Crippen molar-refractivity contribution in [2.24, 2.45) is 0 Å². The first kappa shape index (κ1) is 25.9. The van der Waals surface area contributed by atoms with Gasteiger partial charge >= 0.3 is 6.09 Å². The summed E-state index contributed by atoms with van der Waals surface area (Å²) >= 11 is 0. The Morgan fingerprint density at radius 3 is 2.38 bits per heavy atom. The summed E-state index contributed by atoms with van der Waals surface area (Å²) in [6.07, 6.45) is 2.72. The molecular formula is C29H30N6O4. The number of nitrogens with one attached hydrogen (secondary N) is 1. The molecule has 0 aliphatic carbocycles. The monoisotopic (exact) mass is 526 g/mol.